The summed E-state index contributed by atoms with van der Waals surface area (Å²) in [6.07, 6.45) is 7.32. The third-order valence-electron chi connectivity index (χ3n) is 6.02. The molecule has 1 amide bonds. The van der Waals surface area contributed by atoms with Gasteiger partial charge in [0.2, 0.25) is 0 Å². The zero-order chi connectivity index (χ0) is 22.7. The first-order valence-corrected chi connectivity index (χ1v) is 11.9. The Morgan fingerprint density at radius 3 is 2.72 bits per heavy atom. The Bertz CT molecular complexity index is 1120. The Morgan fingerprint density at radius 2 is 1.97 bits per heavy atom. The van der Waals surface area contributed by atoms with Gasteiger partial charge in [-0.15, -0.1) is 0 Å². The van der Waals surface area contributed by atoms with E-state index in [0.29, 0.717) is 22.1 Å². The Balaban J connectivity index is 1.62. The van der Waals surface area contributed by atoms with Crippen molar-refractivity contribution in [2.75, 3.05) is 7.05 Å². The highest BCUT2D eigenvalue weighted by Crippen LogP contribution is 2.33. The second-order valence-corrected chi connectivity index (χ2v) is 9.36. The SMILES string of the molecule is CN1C(=S)N(C2CCCCC2)C(=O)/C1=C/c1cc(Br)ccc1OCc1ccccc1C#N. The quantitative estimate of drug-likeness (QED) is 0.386. The van der Waals surface area contributed by atoms with Crippen LogP contribution in [-0.2, 0) is 11.4 Å². The summed E-state index contributed by atoms with van der Waals surface area (Å²) in [4.78, 5) is 16.9. The number of ether oxygens (including phenoxy) is 1. The number of benzene rings is 2. The van der Waals surface area contributed by atoms with Crippen molar-refractivity contribution in [3.63, 3.8) is 0 Å². The van der Waals surface area contributed by atoms with Gasteiger partial charge >= 0.3 is 0 Å². The van der Waals surface area contributed by atoms with E-state index in [2.05, 4.69) is 22.0 Å². The first-order chi connectivity index (χ1) is 15.5. The molecule has 1 saturated heterocycles. The van der Waals surface area contributed by atoms with Crippen LogP contribution in [0.3, 0.4) is 0 Å². The zero-order valence-corrected chi connectivity index (χ0v) is 20.3. The molecule has 164 valence electrons. The molecule has 0 bridgehead atoms. The van der Waals surface area contributed by atoms with E-state index in [1.165, 1.54) is 6.42 Å². The number of likely N-dealkylation sites (N-methyl/N-ethyl adjacent to an activating group) is 1. The second kappa shape index (κ2) is 9.85. The molecule has 7 heteroatoms. The maximum atomic E-state index is 13.3. The summed E-state index contributed by atoms with van der Waals surface area (Å²) < 4.78 is 6.96. The van der Waals surface area contributed by atoms with Crippen molar-refractivity contribution in [2.24, 2.45) is 0 Å². The Hall–Kier alpha value is -2.69. The fraction of sp³-hybridized carbons (Fsp3) is 0.320. The number of rotatable bonds is 5. The van der Waals surface area contributed by atoms with Crippen LogP contribution in [0.25, 0.3) is 6.08 Å². The molecular formula is C25H24BrN3O2S. The van der Waals surface area contributed by atoms with Gasteiger partial charge in [0, 0.05) is 28.7 Å². The van der Waals surface area contributed by atoms with E-state index >= 15 is 0 Å². The van der Waals surface area contributed by atoms with Gasteiger partial charge in [-0.2, -0.15) is 5.26 Å². The van der Waals surface area contributed by atoms with Gasteiger partial charge in [-0.3, -0.25) is 9.69 Å². The van der Waals surface area contributed by atoms with Crippen LogP contribution in [0, 0.1) is 11.3 Å². The highest BCUT2D eigenvalue weighted by Gasteiger charge is 2.40. The molecule has 4 rings (SSSR count). The van der Waals surface area contributed by atoms with Crippen LogP contribution in [0.5, 0.6) is 5.75 Å². The third kappa shape index (κ3) is 4.57. The van der Waals surface area contributed by atoms with Crippen molar-refractivity contribution in [3.8, 4) is 11.8 Å². The van der Waals surface area contributed by atoms with Crippen molar-refractivity contribution >= 4 is 45.2 Å². The van der Waals surface area contributed by atoms with Crippen LogP contribution in [0.1, 0.15) is 48.8 Å². The van der Waals surface area contributed by atoms with Crippen LogP contribution in [0.2, 0.25) is 0 Å². The summed E-state index contributed by atoms with van der Waals surface area (Å²) in [7, 11) is 1.84. The molecule has 2 aromatic carbocycles. The van der Waals surface area contributed by atoms with E-state index in [4.69, 9.17) is 17.0 Å². The predicted molar refractivity (Wildman–Crippen MR) is 132 cm³/mol. The molecule has 1 aliphatic heterocycles. The van der Waals surface area contributed by atoms with Crippen molar-refractivity contribution in [2.45, 2.75) is 44.8 Å². The number of carbonyl (C=O) groups excluding carboxylic acids is 1. The molecule has 0 spiro atoms. The number of nitriles is 1. The summed E-state index contributed by atoms with van der Waals surface area (Å²) >= 11 is 9.15. The van der Waals surface area contributed by atoms with Crippen LogP contribution in [0.4, 0.5) is 0 Å². The summed E-state index contributed by atoms with van der Waals surface area (Å²) in [5, 5.41) is 9.89. The molecule has 0 unspecified atom stereocenters. The van der Waals surface area contributed by atoms with Crippen LogP contribution >= 0.6 is 28.1 Å². The average molecular weight is 510 g/mol. The summed E-state index contributed by atoms with van der Waals surface area (Å²) in [5.41, 5.74) is 2.72. The van der Waals surface area contributed by atoms with Gasteiger partial charge in [-0.05, 0) is 55.4 Å². The van der Waals surface area contributed by atoms with Crippen molar-refractivity contribution in [1.29, 1.82) is 5.26 Å². The average Bonchev–Trinajstić information content (AvgIpc) is 3.02. The topological polar surface area (TPSA) is 56.6 Å². The lowest BCUT2D eigenvalue weighted by Gasteiger charge is -2.30. The molecule has 0 N–H and O–H groups in total. The molecule has 0 aromatic heterocycles. The molecule has 1 aliphatic carbocycles. The minimum Gasteiger partial charge on any atom is -0.488 e. The molecule has 0 radical (unpaired) electrons. The fourth-order valence-corrected chi connectivity index (χ4v) is 4.97. The lowest BCUT2D eigenvalue weighted by molar-refractivity contribution is -0.124. The van der Waals surface area contributed by atoms with E-state index in [9.17, 15) is 10.1 Å². The van der Waals surface area contributed by atoms with Crippen molar-refractivity contribution in [3.05, 3.63) is 69.3 Å². The monoisotopic (exact) mass is 509 g/mol. The lowest BCUT2D eigenvalue weighted by Crippen LogP contribution is -2.41. The number of nitrogens with zero attached hydrogens (tertiary/aromatic N) is 3. The standard InChI is InChI=1S/C25H24BrN3O2S/c1-28-22(24(30)29(25(28)32)21-9-3-2-4-10-21)14-19-13-20(26)11-12-23(19)31-16-18-8-6-5-7-17(18)15-27/h5-8,11-14,21H,2-4,9-10,16H2,1H3/b22-14-. The van der Waals surface area contributed by atoms with Gasteiger partial charge in [0.15, 0.2) is 5.11 Å². The minimum absolute atomic E-state index is 0.0508. The molecule has 2 aliphatic rings. The largest absolute Gasteiger partial charge is 0.488 e. The number of thiocarbonyl (C=S) groups is 1. The highest BCUT2D eigenvalue weighted by atomic mass is 79.9. The first-order valence-electron chi connectivity index (χ1n) is 10.7. The van der Waals surface area contributed by atoms with Crippen LogP contribution in [-0.4, -0.2) is 33.9 Å². The fourth-order valence-electron chi connectivity index (χ4n) is 4.26. The molecule has 1 heterocycles. The third-order valence-corrected chi connectivity index (χ3v) is 6.98. The number of hydrogen-bond donors (Lipinski definition) is 0. The van der Waals surface area contributed by atoms with Crippen molar-refractivity contribution in [1.82, 2.24) is 9.80 Å². The molecule has 5 nitrogen and oxygen atoms in total. The van der Waals surface area contributed by atoms with Crippen LogP contribution < -0.4 is 4.74 Å². The molecule has 32 heavy (non-hydrogen) atoms. The Morgan fingerprint density at radius 1 is 1.22 bits per heavy atom. The maximum absolute atomic E-state index is 13.3. The molecule has 0 atom stereocenters. The maximum Gasteiger partial charge on any atom is 0.277 e. The highest BCUT2D eigenvalue weighted by molar-refractivity contribution is 9.10. The Labute approximate surface area is 202 Å². The van der Waals surface area contributed by atoms with E-state index in [1.807, 2.05) is 49.5 Å². The van der Waals surface area contributed by atoms with Gasteiger partial charge in [0.25, 0.3) is 5.91 Å². The van der Waals surface area contributed by atoms with Crippen LogP contribution in [0.15, 0.2) is 52.6 Å². The smallest absolute Gasteiger partial charge is 0.277 e. The van der Waals surface area contributed by atoms with E-state index in [-0.39, 0.29) is 18.6 Å². The molecule has 2 aromatic rings. The zero-order valence-electron chi connectivity index (χ0n) is 17.9. The molecule has 1 saturated carbocycles. The van der Waals surface area contributed by atoms with Gasteiger partial charge in [-0.1, -0.05) is 53.4 Å². The normalized spacial score (nSPS) is 18.3. The van der Waals surface area contributed by atoms with Gasteiger partial charge in [0.05, 0.1) is 11.6 Å². The second-order valence-electron chi connectivity index (χ2n) is 8.08. The summed E-state index contributed by atoms with van der Waals surface area (Å²) in [6, 6.07) is 15.4. The lowest BCUT2D eigenvalue weighted by atomic mass is 9.94. The van der Waals surface area contributed by atoms with E-state index in [1.54, 1.807) is 15.9 Å². The molecular weight excluding hydrogens is 486 g/mol. The number of halogens is 1. The minimum atomic E-state index is -0.0508. The van der Waals surface area contributed by atoms with Gasteiger partial charge < -0.3 is 9.64 Å². The van der Waals surface area contributed by atoms with E-state index in [0.717, 1.165) is 41.3 Å². The summed E-state index contributed by atoms with van der Waals surface area (Å²) in [5.74, 6) is 0.585. The van der Waals surface area contributed by atoms with Crippen molar-refractivity contribution < 1.29 is 9.53 Å². The first kappa shape index (κ1) is 22.5. The Kier molecular flexibility index (Phi) is 6.92. The van der Waals surface area contributed by atoms with E-state index < -0.39 is 0 Å². The number of carbonyl (C=O) groups is 1. The summed E-state index contributed by atoms with van der Waals surface area (Å²) in [6.45, 7) is 0.262. The molecule has 2 fully saturated rings. The number of amides is 1. The van der Waals surface area contributed by atoms with Gasteiger partial charge in [-0.25, -0.2) is 0 Å². The number of hydrogen-bond acceptors (Lipinski definition) is 4. The predicted octanol–water partition coefficient (Wildman–Crippen LogP) is 5.63. The van der Waals surface area contributed by atoms with Gasteiger partial charge in [0.1, 0.15) is 18.1 Å².